The van der Waals surface area contributed by atoms with Gasteiger partial charge in [-0.15, -0.1) is 11.6 Å². The molecule has 2 rings (SSSR count). The number of alkyl halides is 1. The van der Waals surface area contributed by atoms with Gasteiger partial charge in [0.25, 0.3) is 0 Å². The molecule has 3 heteroatoms. The van der Waals surface area contributed by atoms with E-state index < -0.39 is 0 Å². The van der Waals surface area contributed by atoms with E-state index in [-0.39, 0.29) is 0 Å². The van der Waals surface area contributed by atoms with Gasteiger partial charge in [-0.05, 0) is 43.0 Å². The SMILES string of the molecule is Cc1cc2c(cc1CCCCl)OCCO2. The van der Waals surface area contributed by atoms with E-state index in [1.165, 1.54) is 11.1 Å². The first-order valence-corrected chi connectivity index (χ1v) is 5.80. The minimum absolute atomic E-state index is 0.644. The first kappa shape index (κ1) is 10.6. The Hall–Kier alpha value is -0.890. The van der Waals surface area contributed by atoms with Crippen molar-refractivity contribution >= 4 is 11.6 Å². The molecule has 0 unspecified atom stereocenters. The van der Waals surface area contributed by atoms with E-state index in [2.05, 4.69) is 19.1 Å². The van der Waals surface area contributed by atoms with Crippen LogP contribution in [0.4, 0.5) is 0 Å². The molecular weight excluding hydrogens is 212 g/mol. The number of benzene rings is 1. The number of fused-ring (bicyclic) bond motifs is 1. The highest BCUT2D eigenvalue weighted by Crippen LogP contribution is 2.33. The fourth-order valence-corrected chi connectivity index (χ4v) is 1.89. The highest BCUT2D eigenvalue weighted by molar-refractivity contribution is 6.17. The lowest BCUT2D eigenvalue weighted by molar-refractivity contribution is 0.171. The van der Waals surface area contributed by atoms with Gasteiger partial charge in [-0.1, -0.05) is 0 Å². The van der Waals surface area contributed by atoms with Gasteiger partial charge in [-0.3, -0.25) is 0 Å². The van der Waals surface area contributed by atoms with Crippen LogP contribution in [0.2, 0.25) is 0 Å². The number of hydrogen-bond donors (Lipinski definition) is 0. The van der Waals surface area contributed by atoms with Gasteiger partial charge in [-0.25, -0.2) is 0 Å². The molecule has 15 heavy (non-hydrogen) atoms. The maximum Gasteiger partial charge on any atom is 0.161 e. The molecular formula is C12H15ClO2. The van der Waals surface area contributed by atoms with Gasteiger partial charge < -0.3 is 9.47 Å². The maximum absolute atomic E-state index is 5.69. The first-order chi connectivity index (χ1) is 7.31. The molecule has 1 aliphatic rings. The van der Waals surface area contributed by atoms with Crippen molar-refractivity contribution in [2.24, 2.45) is 0 Å². The lowest BCUT2D eigenvalue weighted by Crippen LogP contribution is -2.15. The van der Waals surface area contributed by atoms with Crippen LogP contribution < -0.4 is 9.47 Å². The van der Waals surface area contributed by atoms with Crippen LogP contribution in [0.25, 0.3) is 0 Å². The molecule has 0 saturated heterocycles. The second-order valence-corrected chi connectivity index (χ2v) is 4.09. The first-order valence-electron chi connectivity index (χ1n) is 5.26. The van der Waals surface area contributed by atoms with Gasteiger partial charge in [0.05, 0.1) is 0 Å². The van der Waals surface area contributed by atoms with E-state index >= 15 is 0 Å². The van der Waals surface area contributed by atoms with Crippen LogP contribution in [-0.2, 0) is 6.42 Å². The van der Waals surface area contributed by atoms with Crippen molar-refractivity contribution in [3.05, 3.63) is 23.3 Å². The van der Waals surface area contributed by atoms with E-state index in [4.69, 9.17) is 21.1 Å². The van der Waals surface area contributed by atoms with Crippen LogP contribution >= 0.6 is 11.6 Å². The smallest absolute Gasteiger partial charge is 0.161 e. The van der Waals surface area contributed by atoms with Gasteiger partial charge in [0, 0.05) is 5.88 Å². The van der Waals surface area contributed by atoms with Crippen molar-refractivity contribution in [2.75, 3.05) is 19.1 Å². The Balaban J connectivity index is 2.24. The number of ether oxygens (including phenoxy) is 2. The van der Waals surface area contributed by atoms with Crippen LogP contribution in [0.15, 0.2) is 12.1 Å². The summed E-state index contributed by atoms with van der Waals surface area (Å²) in [6.07, 6.45) is 2.01. The molecule has 0 atom stereocenters. The normalized spacial score (nSPS) is 14.0. The standard InChI is InChI=1S/C12H15ClO2/c1-9-7-11-12(15-6-5-14-11)8-10(9)3-2-4-13/h7-8H,2-6H2,1H3. The summed E-state index contributed by atoms with van der Waals surface area (Å²) in [6.45, 7) is 3.39. The second-order valence-electron chi connectivity index (χ2n) is 3.71. The highest BCUT2D eigenvalue weighted by atomic mass is 35.5. The summed E-state index contributed by atoms with van der Waals surface area (Å²) >= 11 is 5.69. The molecule has 1 aromatic carbocycles. The summed E-state index contributed by atoms with van der Waals surface area (Å²) in [4.78, 5) is 0. The molecule has 82 valence electrons. The molecule has 0 N–H and O–H groups in total. The third kappa shape index (κ3) is 2.37. The van der Waals surface area contributed by atoms with Gasteiger partial charge >= 0.3 is 0 Å². The van der Waals surface area contributed by atoms with Crippen LogP contribution in [0, 0.1) is 6.92 Å². The number of halogens is 1. The highest BCUT2D eigenvalue weighted by Gasteiger charge is 2.13. The van der Waals surface area contributed by atoms with E-state index in [0.717, 1.165) is 24.3 Å². The molecule has 0 spiro atoms. The molecule has 1 aliphatic heterocycles. The zero-order valence-corrected chi connectivity index (χ0v) is 9.64. The summed E-state index contributed by atoms with van der Waals surface area (Å²) in [5.74, 6) is 2.44. The molecule has 0 amide bonds. The molecule has 1 heterocycles. The van der Waals surface area contributed by atoms with Crippen molar-refractivity contribution < 1.29 is 9.47 Å². The van der Waals surface area contributed by atoms with E-state index in [0.29, 0.717) is 19.1 Å². The van der Waals surface area contributed by atoms with Crippen molar-refractivity contribution in [1.82, 2.24) is 0 Å². The van der Waals surface area contributed by atoms with E-state index in [1.54, 1.807) is 0 Å². The van der Waals surface area contributed by atoms with Crippen molar-refractivity contribution in [2.45, 2.75) is 19.8 Å². The van der Waals surface area contributed by atoms with Crippen LogP contribution in [-0.4, -0.2) is 19.1 Å². The minimum Gasteiger partial charge on any atom is -0.486 e. The molecule has 1 aromatic rings. The molecule has 0 fully saturated rings. The summed E-state index contributed by atoms with van der Waals surface area (Å²) in [5, 5.41) is 0. The van der Waals surface area contributed by atoms with Gasteiger partial charge in [-0.2, -0.15) is 0 Å². The topological polar surface area (TPSA) is 18.5 Å². The number of hydrogen-bond acceptors (Lipinski definition) is 2. The fraction of sp³-hybridized carbons (Fsp3) is 0.500. The molecule has 0 aromatic heterocycles. The summed E-state index contributed by atoms with van der Waals surface area (Å²) in [5.41, 5.74) is 2.56. The van der Waals surface area contributed by atoms with Crippen molar-refractivity contribution in [3.63, 3.8) is 0 Å². The number of rotatable bonds is 3. The average Bonchev–Trinajstić information content (AvgIpc) is 2.26. The Bertz CT molecular complexity index is 350. The van der Waals surface area contributed by atoms with Crippen molar-refractivity contribution in [3.8, 4) is 11.5 Å². The Morgan fingerprint density at radius 1 is 1.20 bits per heavy atom. The molecule has 0 saturated carbocycles. The average molecular weight is 227 g/mol. The maximum atomic E-state index is 5.69. The quantitative estimate of drug-likeness (QED) is 0.738. The number of aryl methyl sites for hydroxylation is 2. The Kier molecular flexibility index (Phi) is 3.37. The summed E-state index contributed by atoms with van der Waals surface area (Å²) in [7, 11) is 0. The Morgan fingerprint density at radius 3 is 2.53 bits per heavy atom. The molecule has 0 radical (unpaired) electrons. The molecule has 2 nitrogen and oxygen atoms in total. The van der Waals surface area contributed by atoms with Crippen LogP contribution in [0.3, 0.4) is 0 Å². The minimum atomic E-state index is 0.644. The predicted octanol–water partition coefficient (Wildman–Crippen LogP) is 2.94. The lowest BCUT2D eigenvalue weighted by atomic mass is 10.0. The molecule has 0 aliphatic carbocycles. The Labute approximate surface area is 95.1 Å². The van der Waals surface area contributed by atoms with E-state index in [1.807, 2.05) is 0 Å². The van der Waals surface area contributed by atoms with Crippen LogP contribution in [0.5, 0.6) is 11.5 Å². The third-order valence-corrected chi connectivity index (χ3v) is 2.85. The Morgan fingerprint density at radius 2 is 1.87 bits per heavy atom. The molecule has 0 bridgehead atoms. The zero-order chi connectivity index (χ0) is 10.7. The summed E-state index contributed by atoms with van der Waals surface area (Å²) in [6, 6.07) is 4.13. The van der Waals surface area contributed by atoms with Gasteiger partial charge in [0.15, 0.2) is 11.5 Å². The third-order valence-electron chi connectivity index (χ3n) is 2.58. The largest absolute Gasteiger partial charge is 0.486 e. The van der Waals surface area contributed by atoms with Gasteiger partial charge in [0.2, 0.25) is 0 Å². The van der Waals surface area contributed by atoms with Crippen LogP contribution in [0.1, 0.15) is 17.5 Å². The lowest BCUT2D eigenvalue weighted by Gasteiger charge is -2.20. The van der Waals surface area contributed by atoms with Gasteiger partial charge in [0.1, 0.15) is 13.2 Å². The van der Waals surface area contributed by atoms with Crippen molar-refractivity contribution in [1.29, 1.82) is 0 Å². The second kappa shape index (κ2) is 4.75. The fourth-order valence-electron chi connectivity index (χ4n) is 1.76. The van der Waals surface area contributed by atoms with E-state index in [9.17, 15) is 0 Å². The zero-order valence-electron chi connectivity index (χ0n) is 8.88. The summed E-state index contributed by atoms with van der Waals surface area (Å²) < 4.78 is 11.1. The predicted molar refractivity (Wildman–Crippen MR) is 61.2 cm³/mol. The monoisotopic (exact) mass is 226 g/mol.